The van der Waals surface area contributed by atoms with Crippen molar-refractivity contribution >= 4 is 27.6 Å². The van der Waals surface area contributed by atoms with Gasteiger partial charge in [0.15, 0.2) is 5.76 Å². The Morgan fingerprint density at radius 1 is 1.00 bits per heavy atom. The second-order valence-electron chi connectivity index (χ2n) is 6.18. The van der Waals surface area contributed by atoms with Crippen LogP contribution in [-0.4, -0.2) is 19.1 Å². The summed E-state index contributed by atoms with van der Waals surface area (Å²) in [6, 6.07) is 21.6. The number of amides is 1. The highest BCUT2D eigenvalue weighted by atomic mass is 16.5. The van der Waals surface area contributed by atoms with Crippen molar-refractivity contribution in [3.63, 3.8) is 0 Å². The highest BCUT2D eigenvalue weighted by Crippen LogP contribution is 2.28. The number of ether oxygens (including phenoxy) is 1. The lowest BCUT2D eigenvalue weighted by atomic mass is 10.1. The third-order valence-electron chi connectivity index (χ3n) is 4.39. The first-order valence-corrected chi connectivity index (χ1v) is 8.60. The molecule has 1 N–H and O–H groups in total. The molecule has 130 valence electrons. The molecule has 0 fully saturated rings. The van der Waals surface area contributed by atoms with Crippen molar-refractivity contribution < 1.29 is 13.9 Å². The molecule has 4 rings (SSSR count). The molecule has 0 spiro atoms. The molecule has 0 saturated heterocycles. The first kappa shape index (κ1) is 16.2. The zero-order valence-electron chi connectivity index (χ0n) is 14.5. The number of carbonyl (C=O) groups excluding carboxylic acids is 1. The van der Waals surface area contributed by atoms with Crippen molar-refractivity contribution in [1.29, 1.82) is 0 Å². The smallest absolute Gasteiger partial charge is 0.287 e. The van der Waals surface area contributed by atoms with E-state index in [9.17, 15) is 4.79 Å². The van der Waals surface area contributed by atoms with Crippen LogP contribution in [-0.2, 0) is 0 Å². The largest absolute Gasteiger partial charge is 0.491 e. The normalized spacial score (nSPS) is 11.0. The number of hydrogen-bond donors (Lipinski definition) is 1. The van der Waals surface area contributed by atoms with E-state index in [0.717, 1.165) is 27.5 Å². The van der Waals surface area contributed by atoms with Crippen LogP contribution in [0.5, 0.6) is 5.75 Å². The maximum atomic E-state index is 12.4. The molecule has 1 aromatic heterocycles. The summed E-state index contributed by atoms with van der Waals surface area (Å²) < 4.78 is 11.4. The number of hydrogen-bond acceptors (Lipinski definition) is 3. The Morgan fingerprint density at radius 3 is 2.69 bits per heavy atom. The van der Waals surface area contributed by atoms with Crippen molar-refractivity contribution in [2.45, 2.75) is 6.92 Å². The molecule has 0 unspecified atom stereocenters. The third-order valence-corrected chi connectivity index (χ3v) is 4.39. The lowest BCUT2D eigenvalue weighted by Crippen LogP contribution is -2.27. The molecular formula is C22H19NO3. The maximum absolute atomic E-state index is 12.4. The van der Waals surface area contributed by atoms with Gasteiger partial charge in [-0.25, -0.2) is 0 Å². The molecule has 0 aliphatic rings. The topological polar surface area (TPSA) is 51.5 Å². The fourth-order valence-electron chi connectivity index (χ4n) is 3.04. The van der Waals surface area contributed by atoms with Crippen molar-refractivity contribution in [2.24, 2.45) is 0 Å². The van der Waals surface area contributed by atoms with E-state index in [1.807, 2.05) is 67.6 Å². The van der Waals surface area contributed by atoms with Crippen LogP contribution in [0.3, 0.4) is 0 Å². The molecule has 0 saturated carbocycles. The van der Waals surface area contributed by atoms with Gasteiger partial charge in [0.2, 0.25) is 0 Å². The second kappa shape index (κ2) is 6.92. The highest BCUT2D eigenvalue weighted by Gasteiger charge is 2.13. The molecule has 0 radical (unpaired) electrons. The number of carbonyl (C=O) groups is 1. The van der Waals surface area contributed by atoms with Crippen molar-refractivity contribution in [1.82, 2.24) is 5.32 Å². The van der Waals surface area contributed by atoms with Gasteiger partial charge in [0.1, 0.15) is 17.9 Å². The average Bonchev–Trinajstić information content (AvgIpc) is 3.11. The number of para-hydroxylation sites is 1. The van der Waals surface area contributed by atoms with Gasteiger partial charge < -0.3 is 14.5 Å². The van der Waals surface area contributed by atoms with Gasteiger partial charge in [-0.05, 0) is 41.5 Å². The molecule has 1 heterocycles. The van der Waals surface area contributed by atoms with Gasteiger partial charge >= 0.3 is 0 Å². The zero-order chi connectivity index (χ0) is 17.9. The standard InChI is InChI=1S/C22H19NO3/c1-15-6-2-5-9-19(15)25-13-12-23-22(24)21-14-18-17-8-4-3-7-16(17)10-11-20(18)26-21/h2-11,14H,12-13H2,1H3,(H,23,24). The first-order valence-electron chi connectivity index (χ1n) is 8.60. The molecule has 0 bridgehead atoms. The number of nitrogens with one attached hydrogen (secondary N) is 1. The minimum absolute atomic E-state index is 0.237. The van der Waals surface area contributed by atoms with Gasteiger partial charge in [-0.15, -0.1) is 0 Å². The van der Waals surface area contributed by atoms with Crippen molar-refractivity contribution in [3.05, 3.63) is 78.1 Å². The van der Waals surface area contributed by atoms with Crippen LogP contribution < -0.4 is 10.1 Å². The Balaban J connectivity index is 1.43. The number of benzene rings is 3. The molecule has 26 heavy (non-hydrogen) atoms. The van der Waals surface area contributed by atoms with E-state index in [-0.39, 0.29) is 5.91 Å². The molecule has 0 aliphatic carbocycles. The summed E-state index contributed by atoms with van der Waals surface area (Å²) in [6.45, 7) is 2.80. The molecule has 4 heteroatoms. The summed E-state index contributed by atoms with van der Waals surface area (Å²) in [5.74, 6) is 0.905. The molecular weight excluding hydrogens is 326 g/mol. The van der Waals surface area contributed by atoms with Crippen molar-refractivity contribution in [2.75, 3.05) is 13.2 Å². The number of fused-ring (bicyclic) bond motifs is 3. The van der Waals surface area contributed by atoms with Crippen LogP contribution in [0.25, 0.3) is 21.7 Å². The Hall–Kier alpha value is -3.27. The minimum atomic E-state index is -0.237. The molecule has 0 atom stereocenters. The summed E-state index contributed by atoms with van der Waals surface area (Å²) in [4.78, 5) is 12.4. The van der Waals surface area contributed by atoms with Crippen LogP contribution in [0.4, 0.5) is 0 Å². The van der Waals surface area contributed by atoms with Crippen LogP contribution in [0.1, 0.15) is 16.1 Å². The van der Waals surface area contributed by atoms with Crippen LogP contribution in [0, 0.1) is 6.92 Å². The summed E-state index contributed by atoms with van der Waals surface area (Å²) in [7, 11) is 0. The van der Waals surface area contributed by atoms with Crippen LogP contribution in [0.15, 0.2) is 71.1 Å². The fraction of sp³-hybridized carbons (Fsp3) is 0.136. The molecule has 3 aromatic carbocycles. The zero-order valence-corrected chi connectivity index (χ0v) is 14.5. The molecule has 4 nitrogen and oxygen atoms in total. The minimum Gasteiger partial charge on any atom is -0.491 e. The van der Waals surface area contributed by atoms with Crippen LogP contribution in [0.2, 0.25) is 0 Å². The van der Waals surface area contributed by atoms with Gasteiger partial charge in [0.05, 0.1) is 6.54 Å². The summed E-state index contributed by atoms with van der Waals surface area (Å²) in [5.41, 5.74) is 1.79. The van der Waals surface area contributed by atoms with E-state index in [2.05, 4.69) is 5.32 Å². The van der Waals surface area contributed by atoms with E-state index in [1.165, 1.54) is 0 Å². The van der Waals surface area contributed by atoms with Gasteiger partial charge in [-0.3, -0.25) is 4.79 Å². The summed E-state index contributed by atoms with van der Waals surface area (Å²) in [5, 5.41) is 5.99. The van der Waals surface area contributed by atoms with Gasteiger partial charge in [-0.1, -0.05) is 48.5 Å². The maximum Gasteiger partial charge on any atom is 0.287 e. The average molecular weight is 345 g/mol. The molecule has 1 amide bonds. The van der Waals surface area contributed by atoms with E-state index in [1.54, 1.807) is 6.07 Å². The SMILES string of the molecule is Cc1ccccc1OCCNC(=O)c1cc2c(ccc3ccccc32)o1. The van der Waals surface area contributed by atoms with Gasteiger partial charge in [0, 0.05) is 5.39 Å². The summed E-state index contributed by atoms with van der Waals surface area (Å²) >= 11 is 0. The lowest BCUT2D eigenvalue weighted by Gasteiger charge is -2.09. The second-order valence-corrected chi connectivity index (χ2v) is 6.18. The number of aryl methyl sites for hydroxylation is 1. The highest BCUT2D eigenvalue weighted by molar-refractivity contribution is 6.08. The van der Waals surface area contributed by atoms with Gasteiger partial charge in [-0.2, -0.15) is 0 Å². The first-order chi connectivity index (χ1) is 12.7. The fourth-order valence-corrected chi connectivity index (χ4v) is 3.04. The van der Waals surface area contributed by atoms with Crippen molar-refractivity contribution in [3.8, 4) is 5.75 Å². The molecule has 4 aromatic rings. The van der Waals surface area contributed by atoms with E-state index in [0.29, 0.717) is 24.5 Å². The van der Waals surface area contributed by atoms with E-state index >= 15 is 0 Å². The lowest BCUT2D eigenvalue weighted by molar-refractivity contribution is 0.0921. The van der Waals surface area contributed by atoms with E-state index in [4.69, 9.17) is 9.15 Å². The Bertz CT molecular complexity index is 1080. The number of furan rings is 1. The predicted molar refractivity (Wildman–Crippen MR) is 103 cm³/mol. The summed E-state index contributed by atoms with van der Waals surface area (Å²) in [6.07, 6.45) is 0. The number of rotatable bonds is 5. The Morgan fingerprint density at radius 2 is 1.81 bits per heavy atom. The van der Waals surface area contributed by atoms with Crippen LogP contribution >= 0.6 is 0 Å². The monoisotopic (exact) mass is 345 g/mol. The quantitative estimate of drug-likeness (QED) is 0.533. The van der Waals surface area contributed by atoms with E-state index < -0.39 is 0 Å². The Kier molecular flexibility index (Phi) is 4.32. The molecule has 0 aliphatic heterocycles. The third kappa shape index (κ3) is 3.14. The van der Waals surface area contributed by atoms with Gasteiger partial charge in [0.25, 0.3) is 5.91 Å². The predicted octanol–water partition coefficient (Wildman–Crippen LogP) is 4.70. The Labute approximate surface area is 151 Å².